The van der Waals surface area contributed by atoms with Crippen LogP contribution in [-0.4, -0.2) is 38.4 Å². The topological polar surface area (TPSA) is 73.2 Å². The van der Waals surface area contributed by atoms with Gasteiger partial charge in [-0.05, 0) is 56.3 Å². The number of sulfonamides is 1. The third kappa shape index (κ3) is 5.13. The molecule has 1 saturated heterocycles. The fourth-order valence-electron chi connectivity index (χ4n) is 3.13. The van der Waals surface area contributed by atoms with E-state index in [1.165, 1.54) is 23.2 Å². The summed E-state index contributed by atoms with van der Waals surface area (Å²) in [5.41, 5.74) is -1.80. The van der Waals surface area contributed by atoms with Crippen molar-refractivity contribution < 1.29 is 21.6 Å². The van der Waals surface area contributed by atoms with E-state index in [1.807, 2.05) is 0 Å². The first kappa shape index (κ1) is 22.0. The van der Waals surface area contributed by atoms with Gasteiger partial charge in [0.15, 0.2) is 0 Å². The number of alkyl halides is 3. The Morgan fingerprint density at radius 2 is 1.81 bits per heavy atom. The highest BCUT2D eigenvalue weighted by Gasteiger charge is 2.36. The van der Waals surface area contributed by atoms with Crippen LogP contribution in [0, 0.1) is 17.2 Å². The van der Waals surface area contributed by atoms with E-state index in [2.05, 4.69) is 5.32 Å². The molecule has 1 heterocycles. The van der Waals surface area contributed by atoms with Gasteiger partial charge in [0.25, 0.3) is 0 Å². The van der Waals surface area contributed by atoms with Crippen LogP contribution in [0.25, 0.3) is 0 Å². The van der Waals surface area contributed by atoms with Crippen molar-refractivity contribution in [1.29, 1.82) is 5.26 Å². The SMILES string of the molecule is Cl.N#Cc1cc(S(=O)(=O)N2CCC(NCC3CC3)CC2)ccc1C(F)(F)F. The van der Waals surface area contributed by atoms with Crippen molar-refractivity contribution in [2.24, 2.45) is 5.92 Å². The lowest BCUT2D eigenvalue weighted by Crippen LogP contribution is -2.45. The van der Waals surface area contributed by atoms with E-state index in [0.717, 1.165) is 24.6 Å². The molecule has 1 aromatic rings. The normalized spacial score (nSPS) is 19.3. The Labute approximate surface area is 163 Å². The summed E-state index contributed by atoms with van der Waals surface area (Å²) in [6.07, 6.45) is -0.876. The number of nitrogens with one attached hydrogen (secondary N) is 1. The van der Waals surface area contributed by atoms with Crippen LogP contribution in [0.4, 0.5) is 13.2 Å². The van der Waals surface area contributed by atoms with Gasteiger partial charge in [-0.25, -0.2) is 8.42 Å². The van der Waals surface area contributed by atoms with Crippen LogP contribution in [0.5, 0.6) is 0 Å². The zero-order chi connectivity index (χ0) is 18.9. The number of halogens is 4. The summed E-state index contributed by atoms with van der Waals surface area (Å²) >= 11 is 0. The molecule has 1 saturated carbocycles. The van der Waals surface area contributed by atoms with Gasteiger partial charge in [0.1, 0.15) is 0 Å². The molecule has 0 aromatic heterocycles. The van der Waals surface area contributed by atoms with E-state index in [0.29, 0.717) is 32.0 Å². The highest BCUT2D eigenvalue weighted by Crippen LogP contribution is 2.33. The van der Waals surface area contributed by atoms with Crippen molar-refractivity contribution in [2.45, 2.75) is 42.8 Å². The smallest absolute Gasteiger partial charge is 0.314 e. The van der Waals surface area contributed by atoms with Crippen molar-refractivity contribution in [2.75, 3.05) is 19.6 Å². The quantitative estimate of drug-likeness (QED) is 0.789. The van der Waals surface area contributed by atoms with Crippen LogP contribution in [-0.2, 0) is 16.2 Å². The largest absolute Gasteiger partial charge is 0.417 e. The summed E-state index contributed by atoms with van der Waals surface area (Å²) in [7, 11) is -3.91. The predicted octanol–water partition coefficient (Wildman–Crippen LogP) is 3.15. The fraction of sp³-hybridized carbons (Fsp3) is 0.588. The van der Waals surface area contributed by atoms with Crippen molar-refractivity contribution in [3.8, 4) is 6.07 Å². The van der Waals surface area contributed by atoms with Crippen LogP contribution in [0.15, 0.2) is 23.1 Å². The van der Waals surface area contributed by atoms with Crippen LogP contribution in [0.3, 0.4) is 0 Å². The minimum absolute atomic E-state index is 0. The minimum atomic E-state index is -4.70. The fourth-order valence-corrected chi connectivity index (χ4v) is 4.62. The Morgan fingerprint density at radius 3 is 2.33 bits per heavy atom. The second-order valence-corrected chi connectivity index (χ2v) is 8.78. The first-order valence-corrected chi connectivity index (χ1v) is 10.0. The molecule has 0 amide bonds. The van der Waals surface area contributed by atoms with E-state index in [1.54, 1.807) is 0 Å². The number of rotatable bonds is 5. The van der Waals surface area contributed by atoms with Gasteiger partial charge in [0, 0.05) is 19.1 Å². The number of hydrogen-bond acceptors (Lipinski definition) is 4. The molecule has 150 valence electrons. The maximum absolute atomic E-state index is 12.9. The third-order valence-electron chi connectivity index (χ3n) is 4.90. The molecule has 0 radical (unpaired) electrons. The maximum Gasteiger partial charge on any atom is 0.417 e. The van der Waals surface area contributed by atoms with Crippen LogP contribution in [0.1, 0.15) is 36.8 Å². The summed E-state index contributed by atoms with van der Waals surface area (Å²) < 4.78 is 65.3. The highest BCUT2D eigenvalue weighted by molar-refractivity contribution is 7.89. The number of hydrogen-bond donors (Lipinski definition) is 1. The lowest BCUT2D eigenvalue weighted by atomic mass is 10.1. The molecule has 3 rings (SSSR count). The first-order valence-electron chi connectivity index (χ1n) is 8.56. The van der Waals surface area contributed by atoms with Crippen LogP contribution >= 0.6 is 12.4 Å². The van der Waals surface area contributed by atoms with Gasteiger partial charge in [-0.15, -0.1) is 12.4 Å². The Hall–Kier alpha value is -1.34. The Bertz CT molecular complexity index is 812. The molecule has 0 bridgehead atoms. The zero-order valence-corrected chi connectivity index (χ0v) is 16.1. The lowest BCUT2D eigenvalue weighted by Gasteiger charge is -2.32. The molecule has 10 heteroatoms. The van der Waals surface area contributed by atoms with Crippen LogP contribution in [0.2, 0.25) is 0 Å². The third-order valence-corrected chi connectivity index (χ3v) is 6.80. The standard InChI is InChI=1S/C17H20F3N3O2S.ClH/c18-17(19,20)16-4-3-15(9-13(16)10-21)26(24,25)23-7-5-14(6-8-23)22-11-12-1-2-12;/h3-4,9,12,14,22H,1-2,5-8,11H2;1H. The van der Waals surface area contributed by atoms with Crippen molar-refractivity contribution >= 4 is 22.4 Å². The molecule has 2 fully saturated rings. The minimum Gasteiger partial charge on any atom is -0.314 e. The summed E-state index contributed by atoms with van der Waals surface area (Å²) in [5.74, 6) is 0.744. The summed E-state index contributed by atoms with van der Waals surface area (Å²) in [6, 6.07) is 4.12. The molecule has 0 atom stereocenters. The van der Waals surface area contributed by atoms with E-state index in [4.69, 9.17) is 5.26 Å². The number of benzene rings is 1. The molecule has 27 heavy (non-hydrogen) atoms. The van der Waals surface area contributed by atoms with Gasteiger partial charge >= 0.3 is 6.18 Å². The lowest BCUT2D eigenvalue weighted by molar-refractivity contribution is -0.137. The molecule has 1 aliphatic carbocycles. The molecule has 1 N–H and O–H groups in total. The van der Waals surface area contributed by atoms with Gasteiger partial charge in [-0.1, -0.05) is 0 Å². The average molecular weight is 424 g/mol. The number of nitrogens with zero attached hydrogens (tertiary/aromatic N) is 2. The second-order valence-electron chi connectivity index (χ2n) is 6.85. The molecule has 5 nitrogen and oxygen atoms in total. The van der Waals surface area contributed by atoms with Crippen molar-refractivity contribution in [1.82, 2.24) is 9.62 Å². The van der Waals surface area contributed by atoms with E-state index in [9.17, 15) is 21.6 Å². The van der Waals surface area contributed by atoms with Crippen molar-refractivity contribution in [3.05, 3.63) is 29.3 Å². The monoisotopic (exact) mass is 423 g/mol. The highest BCUT2D eigenvalue weighted by atomic mass is 35.5. The molecule has 2 aliphatic rings. The molecular formula is C17H21ClF3N3O2S. The zero-order valence-electron chi connectivity index (χ0n) is 14.5. The Morgan fingerprint density at radius 1 is 1.19 bits per heavy atom. The van der Waals surface area contributed by atoms with Gasteiger partial charge in [0.05, 0.1) is 22.1 Å². The van der Waals surface area contributed by atoms with E-state index >= 15 is 0 Å². The Kier molecular flexibility index (Phi) is 6.79. The second kappa shape index (κ2) is 8.35. The van der Waals surface area contributed by atoms with Gasteiger partial charge in [0.2, 0.25) is 10.0 Å². The summed E-state index contributed by atoms with van der Waals surface area (Å²) in [4.78, 5) is -0.272. The number of nitriles is 1. The molecule has 1 aliphatic heterocycles. The molecule has 1 aromatic carbocycles. The van der Waals surface area contributed by atoms with E-state index < -0.39 is 27.3 Å². The van der Waals surface area contributed by atoms with E-state index in [-0.39, 0.29) is 23.3 Å². The maximum atomic E-state index is 12.9. The Balaban J connectivity index is 0.00000261. The molecule has 0 spiro atoms. The average Bonchev–Trinajstić information content (AvgIpc) is 3.43. The summed E-state index contributed by atoms with van der Waals surface area (Å²) in [6.45, 7) is 1.59. The van der Waals surface area contributed by atoms with Gasteiger partial charge in [-0.3, -0.25) is 0 Å². The van der Waals surface area contributed by atoms with Gasteiger partial charge < -0.3 is 5.32 Å². The first-order chi connectivity index (χ1) is 12.2. The van der Waals surface area contributed by atoms with Gasteiger partial charge in [-0.2, -0.15) is 22.7 Å². The predicted molar refractivity (Wildman–Crippen MR) is 95.9 cm³/mol. The molecule has 0 unspecified atom stereocenters. The van der Waals surface area contributed by atoms with Crippen LogP contribution < -0.4 is 5.32 Å². The summed E-state index contributed by atoms with van der Waals surface area (Å²) in [5, 5.41) is 12.4. The number of piperidine rings is 1. The molecular weight excluding hydrogens is 403 g/mol. The van der Waals surface area contributed by atoms with Crippen molar-refractivity contribution in [3.63, 3.8) is 0 Å².